The summed E-state index contributed by atoms with van der Waals surface area (Å²) in [5, 5.41) is 8.78. The molecule has 0 amide bonds. The average molecular weight is 666 g/mol. The first kappa shape index (κ1) is 28.7. The first-order chi connectivity index (χ1) is 25.8. The fourth-order valence-electron chi connectivity index (χ4n) is 7.73. The van der Waals surface area contributed by atoms with E-state index in [1.807, 2.05) is 54.6 Å². The molecule has 0 spiro atoms. The van der Waals surface area contributed by atoms with Crippen molar-refractivity contribution in [2.24, 2.45) is 0 Å². The Morgan fingerprint density at radius 1 is 0.327 bits per heavy atom. The van der Waals surface area contributed by atoms with Gasteiger partial charge in [-0.05, 0) is 51.4 Å². The lowest BCUT2D eigenvalue weighted by molar-refractivity contribution is 0.668. The maximum atomic E-state index is 6.80. The van der Waals surface area contributed by atoms with Gasteiger partial charge in [0.05, 0.1) is 0 Å². The van der Waals surface area contributed by atoms with Gasteiger partial charge < -0.3 is 8.83 Å². The molecule has 11 aromatic rings. The second-order valence-electron chi connectivity index (χ2n) is 13.1. The van der Waals surface area contributed by atoms with E-state index in [9.17, 15) is 0 Å². The predicted octanol–water partition coefficient (Wildman–Crippen LogP) is 12.6. The van der Waals surface area contributed by atoms with Crippen LogP contribution >= 0.6 is 0 Å². The van der Waals surface area contributed by atoms with Crippen LogP contribution < -0.4 is 0 Å². The van der Waals surface area contributed by atoms with Gasteiger partial charge in [0, 0.05) is 43.8 Å². The number of aromatic nitrogens is 3. The Bertz CT molecular complexity index is 3190. The highest BCUT2D eigenvalue weighted by molar-refractivity contribution is 6.24. The van der Waals surface area contributed by atoms with Crippen LogP contribution in [-0.2, 0) is 0 Å². The van der Waals surface area contributed by atoms with Crippen LogP contribution in [0.3, 0.4) is 0 Å². The van der Waals surface area contributed by atoms with Crippen LogP contribution in [0.25, 0.3) is 111 Å². The van der Waals surface area contributed by atoms with Gasteiger partial charge in [0.15, 0.2) is 17.5 Å². The molecule has 5 heteroatoms. The second-order valence-corrected chi connectivity index (χ2v) is 13.1. The number of fused-ring (bicyclic) bond motifs is 9. The summed E-state index contributed by atoms with van der Waals surface area (Å²) in [6, 6.07) is 56.2. The van der Waals surface area contributed by atoms with Crippen molar-refractivity contribution in [1.82, 2.24) is 15.0 Å². The van der Waals surface area contributed by atoms with Crippen molar-refractivity contribution in [2.75, 3.05) is 0 Å². The zero-order valence-corrected chi connectivity index (χ0v) is 27.7. The summed E-state index contributed by atoms with van der Waals surface area (Å²) >= 11 is 0. The van der Waals surface area contributed by atoms with E-state index in [0.29, 0.717) is 17.5 Å². The van der Waals surface area contributed by atoms with E-state index in [2.05, 4.69) is 109 Å². The third-order valence-electron chi connectivity index (χ3n) is 10.1. The van der Waals surface area contributed by atoms with Crippen molar-refractivity contribution in [3.05, 3.63) is 164 Å². The molecule has 0 bridgehead atoms. The van der Waals surface area contributed by atoms with E-state index in [0.717, 1.165) is 87.9 Å². The van der Waals surface area contributed by atoms with Crippen molar-refractivity contribution in [1.29, 1.82) is 0 Å². The van der Waals surface area contributed by atoms with Crippen LogP contribution in [0, 0.1) is 0 Å². The summed E-state index contributed by atoms with van der Waals surface area (Å²) in [5.74, 6) is 1.82. The molecule has 0 aliphatic rings. The lowest BCUT2D eigenvalue weighted by Gasteiger charge is -2.10. The first-order valence-corrected chi connectivity index (χ1v) is 17.4. The number of rotatable bonds is 4. The van der Waals surface area contributed by atoms with Crippen LogP contribution in [0.15, 0.2) is 173 Å². The first-order valence-electron chi connectivity index (χ1n) is 17.4. The third-order valence-corrected chi connectivity index (χ3v) is 10.1. The topological polar surface area (TPSA) is 65.0 Å². The predicted molar refractivity (Wildman–Crippen MR) is 211 cm³/mol. The molecule has 3 aromatic heterocycles. The van der Waals surface area contributed by atoms with Gasteiger partial charge in [-0.2, -0.15) is 0 Å². The number of nitrogens with zero attached hydrogens (tertiary/aromatic N) is 3. The molecule has 3 heterocycles. The van der Waals surface area contributed by atoms with Crippen LogP contribution in [-0.4, -0.2) is 15.0 Å². The summed E-state index contributed by atoms with van der Waals surface area (Å²) in [7, 11) is 0. The molecule has 242 valence electrons. The van der Waals surface area contributed by atoms with Crippen molar-refractivity contribution < 1.29 is 8.83 Å². The minimum Gasteiger partial charge on any atom is -0.456 e. The summed E-state index contributed by atoms with van der Waals surface area (Å²) in [4.78, 5) is 15.2. The fraction of sp³-hybridized carbons (Fsp3) is 0. The van der Waals surface area contributed by atoms with Gasteiger partial charge >= 0.3 is 0 Å². The molecule has 0 atom stereocenters. The number of furan rings is 2. The molecule has 0 radical (unpaired) electrons. The summed E-state index contributed by atoms with van der Waals surface area (Å²) in [6.45, 7) is 0. The number of hydrogen-bond donors (Lipinski definition) is 0. The Hall–Kier alpha value is -7.11. The SMILES string of the molecule is c1ccc(-c2nc(-c3ccc4ccccc4c3)nc(-c3cccc4oc5c(-c6cc7oc8ccccc8c7c7ccccc67)cccc5c34)n2)cc1. The molecule has 52 heavy (non-hydrogen) atoms. The van der Waals surface area contributed by atoms with Gasteiger partial charge in [0.25, 0.3) is 0 Å². The Kier molecular flexibility index (Phi) is 6.18. The summed E-state index contributed by atoms with van der Waals surface area (Å²) in [5.41, 5.74) is 8.08. The Labute approximate surface area is 297 Å². The van der Waals surface area contributed by atoms with E-state index in [1.165, 1.54) is 5.39 Å². The minimum absolute atomic E-state index is 0.588. The number of benzene rings is 8. The third kappa shape index (κ3) is 4.39. The summed E-state index contributed by atoms with van der Waals surface area (Å²) in [6.07, 6.45) is 0. The standard InChI is InChI=1S/C47H27N3O2/c1-2-13-29(14-3-1)45-48-46(31-25-24-28-12-4-5-15-30(28)26-31)50-47(49-45)37-21-11-23-40-43(37)36-20-10-19-34(44(36)52-40)38-27-41-42(33-17-7-6-16-32(33)38)35-18-8-9-22-39(35)51-41/h1-27H. The molecular formula is C47H27N3O2. The molecule has 11 rings (SSSR count). The minimum atomic E-state index is 0.588. The normalized spacial score (nSPS) is 11.8. The van der Waals surface area contributed by atoms with Crippen molar-refractivity contribution >= 4 is 65.4 Å². The largest absolute Gasteiger partial charge is 0.456 e. The Morgan fingerprint density at radius 2 is 0.981 bits per heavy atom. The zero-order chi connectivity index (χ0) is 34.2. The molecule has 0 fully saturated rings. The highest BCUT2D eigenvalue weighted by Crippen LogP contribution is 2.45. The van der Waals surface area contributed by atoms with E-state index in [-0.39, 0.29) is 0 Å². The average Bonchev–Trinajstić information content (AvgIpc) is 3.79. The monoisotopic (exact) mass is 665 g/mol. The number of hydrogen-bond acceptors (Lipinski definition) is 5. The van der Waals surface area contributed by atoms with Crippen LogP contribution in [0.1, 0.15) is 0 Å². The molecular weight excluding hydrogens is 639 g/mol. The van der Waals surface area contributed by atoms with Gasteiger partial charge in [0.1, 0.15) is 22.3 Å². The lowest BCUT2D eigenvalue weighted by Crippen LogP contribution is -2.00. The van der Waals surface area contributed by atoms with E-state index in [4.69, 9.17) is 23.8 Å². The van der Waals surface area contributed by atoms with E-state index >= 15 is 0 Å². The fourth-order valence-corrected chi connectivity index (χ4v) is 7.73. The highest BCUT2D eigenvalue weighted by atomic mass is 16.3. The molecule has 0 aliphatic carbocycles. The van der Waals surface area contributed by atoms with Crippen molar-refractivity contribution in [3.8, 4) is 45.3 Å². The quantitative estimate of drug-likeness (QED) is 0.187. The molecule has 8 aromatic carbocycles. The molecule has 0 saturated heterocycles. The maximum absolute atomic E-state index is 6.80. The summed E-state index contributed by atoms with van der Waals surface area (Å²) < 4.78 is 13.2. The lowest BCUT2D eigenvalue weighted by atomic mass is 9.93. The van der Waals surface area contributed by atoms with Gasteiger partial charge in [-0.3, -0.25) is 0 Å². The van der Waals surface area contributed by atoms with Crippen LogP contribution in [0.5, 0.6) is 0 Å². The molecule has 0 unspecified atom stereocenters. The molecule has 0 N–H and O–H groups in total. The van der Waals surface area contributed by atoms with Gasteiger partial charge in [-0.1, -0.05) is 140 Å². The Balaban J connectivity index is 1.15. The van der Waals surface area contributed by atoms with Crippen molar-refractivity contribution in [3.63, 3.8) is 0 Å². The highest BCUT2D eigenvalue weighted by Gasteiger charge is 2.21. The van der Waals surface area contributed by atoms with Crippen LogP contribution in [0.4, 0.5) is 0 Å². The number of para-hydroxylation sites is 2. The molecule has 0 aliphatic heterocycles. The van der Waals surface area contributed by atoms with E-state index in [1.54, 1.807) is 0 Å². The molecule has 5 nitrogen and oxygen atoms in total. The van der Waals surface area contributed by atoms with Gasteiger partial charge in [-0.15, -0.1) is 0 Å². The smallest absolute Gasteiger partial charge is 0.164 e. The second kappa shape index (κ2) is 11.2. The van der Waals surface area contributed by atoms with Crippen molar-refractivity contribution in [2.45, 2.75) is 0 Å². The molecule has 0 saturated carbocycles. The Morgan fingerprint density at radius 3 is 1.87 bits per heavy atom. The maximum Gasteiger partial charge on any atom is 0.164 e. The van der Waals surface area contributed by atoms with E-state index < -0.39 is 0 Å². The van der Waals surface area contributed by atoms with Gasteiger partial charge in [-0.25, -0.2) is 15.0 Å². The zero-order valence-electron chi connectivity index (χ0n) is 27.7. The van der Waals surface area contributed by atoms with Crippen LogP contribution in [0.2, 0.25) is 0 Å². The van der Waals surface area contributed by atoms with Gasteiger partial charge in [0.2, 0.25) is 0 Å².